The summed E-state index contributed by atoms with van der Waals surface area (Å²) in [5, 5.41) is 3.42. The van der Waals surface area contributed by atoms with Crippen LogP contribution in [0.5, 0.6) is 0 Å². The van der Waals surface area contributed by atoms with Crippen LogP contribution in [0.15, 0.2) is 0 Å². The number of imide groups is 1. The molecule has 1 aliphatic heterocycles. The zero-order chi connectivity index (χ0) is 13.1. The lowest BCUT2D eigenvalue weighted by Crippen LogP contribution is -2.47. The summed E-state index contributed by atoms with van der Waals surface area (Å²) in [7, 11) is 0. The van der Waals surface area contributed by atoms with E-state index >= 15 is 0 Å². The Balaban J connectivity index is 1.67. The van der Waals surface area contributed by atoms with E-state index in [-0.39, 0.29) is 29.1 Å². The molecule has 1 N–H and O–H groups in total. The molecule has 0 radical (unpaired) electrons. The smallest absolute Gasteiger partial charge is 0.233 e. The van der Waals surface area contributed by atoms with Gasteiger partial charge >= 0.3 is 0 Å². The predicted octanol–water partition coefficient (Wildman–Crippen LogP) is 1.02. The van der Waals surface area contributed by atoms with Crippen LogP contribution in [0.4, 0.5) is 0 Å². The van der Waals surface area contributed by atoms with Crippen molar-refractivity contribution in [3.8, 4) is 0 Å². The number of hydrogen-bond acceptors (Lipinski definition) is 3. The third-order valence-electron chi connectivity index (χ3n) is 4.93. The van der Waals surface area contributed by atoms with E-state index in [0.717, 1.165) is 6.54 Å². The Hall–Kier alpha value is -0.900. The fraction of sp³-hybridized carbons (Fsp3) is 0.857. The van der Waals surface area contributed by atoms with Gasteiger partial charge in [0.1, 0.15) is 0 Å². The van der Waals surface area contributed by atoms with Crippen molar-refractivity contribution >= 4 is 11.8 Å². The Morgan fingerprint density at radius 1 is 1.28 bits per heavy atom. The van der Waals surface area contributed by atoms with Gasteiger partial charge in [0.05, 0.1) is 11.8 Å². The van der Waals surface area contributed by atoms with Crippen molar-refractivity contribution in [2.75, 3.05) is 13.1 Å². The minimum absolute atomic E-state index is 0.0357. The summed E-state index contributed by atoms with van der Waals surface area (Å²) in [6, 6.07) is 0.309. The first-order valence-electron chi connectivity index (χ1n) is 7.07. The lowest BCUT2D eigenvalue weighted by molar-refractivity contribution is -0.143. The molecule has 0 bridgehead atoms. The van der Waals surface area contributed by atoms with Crippen LogP contribution in [0.2, 0.25) is 0 Å². The topological polar surface area (TPSA) is 49.4 Å². The number of carbonyl (C=O) groups excluding carboxylic acids is 2. The maximum Gasteiger partial charge on any atom is 0.233 e. The summed E-state index contributed by atoms with van der Waals surface area (Å²) in [6.45, 7) is 7.61. The standard InChI is InChI=1S/C14H22N2O2/c1-4-15-9(8-5-6-8)7-16-12(17)10-11(13(16)18)14(10,2)3/h8-11,15H,4-7H2,1-3H3. The van der Waals surface area contributed by atoms with Gasteiger partial charge in [-0.1, -0.05) is 20.8 Å². The third kappa shape index (κ3) is 1.62. The molecule has 4 nitrogen and oxygen atoms in total. The molecular weight excluding hydrogens is 228 g/mol. The van der Waals surface area contributed by atoms with Gasteiger partial charge in [-0.3, -0.25) is 14.5 Å². The van der Waals surface area contributed by atoms with Crippen molar-refractivity contribution in [3.05, 3.63) is 0 Å². The van der Waals surface area contributed by atoms with Crippen molar-refractivity contribution < 1.29 is 9.59 Å². The van der Waals surface area contributed by atoms with Crippen LogP contribution in [-0.4, -0.2) is 35.8 Å². The normalized spacial score (nSPS) is 34.7. The number of nitrogens with one attached hydrogen (secondary N) is 1. The van der Waals surface area contributed by atoms with Crippen molar-refractivity contribution in [2.24, 2.45) is 23.2 Å². The van der Waals surface area contributed by atoms with E-state index in [1.54, 1.807) is 0 Å². The van der Waals surface area contributed by atoms with E-state index in [2.05, 4.69) is 12.2 Å². The molecule has 3 fully saturated rings. The summed E-state index contributed by atoms with van der Waals surface area (Å²) in [5.74, 6) is 0.727. The van der Waals surface area contributed by atoms with Crippen molar-refractivity contribution in [2.45, 2.75) is 39.7 Å². The molecule has 0 aromatic heterocycles. The monoisotopic (exact) mass is 250 g/mol. The number of fused-ring (bicyclic) bond motifs is 1. The first-order valence-corrected chi connectivity index (χ1v) is 7.07. The lowest BCUT2D eigenvalue weighted by atomic mass is 10.0. The molecule has 0 aromatic carbocycles. The second-order valence-corrected chi connectivity index (χ2v) is 6.57. The summed E-state index contributed by atoms with van der Waals surface area (Å²) in [6.07, 6.45) is 2.46. The van der Waals surface area contributed by atoms with E-state index < -0.39 is 0 Å². The molecule has 100 valence electrons. The van der Waals surface area contributed by atoms with Crippen LogP contribution in [0.25, 0.3) is 0 Å². The highest BCUT2D eigenvalue weighted by Crippen LogP contribution is 2.63. The van der Waals surface area contributed by atoms with Gasteiger partial charge < -0.3 is 5.32 Å². The van der Waals surface area contributed by atoms with Crippen molar-refractivity contribution in [1.82, 2.24) is 10.2 Å². The van der Waals surface area contributed by atoms with Gasteiger partial charge in [-0.25, -0.2) is 0 Å². The molecule has 0 spiro atoms. The number of carbonyl (C=O) groups is 2. The third-order valence-corrected chi connectivity index (χ3v) is 4.93. The van der Waals surface area contributed by atoms with E-state index in [1.165, 1.54) is 17.7 Å². The molecule has 2 aliphatic carbocycles. The number of amides is 2. The Bertz CT molecular complexity index is 377. The van der Waals surface area contributed by atoms with Crippen LogP contribution < -0.4 is 5.32 Å². The van der Waals surface area contributed by atoms with E-state index in [0.29, 0.717) is 18.5 Å². The molecule has 3 rings (SSSR count). The van der Waals surface area contributed by atoms with Crippen LogP contribution in [0.1, 0.15) is 33.6 Å². The second-order valence-electron chi connectivity index (χ2n) is 6.57. The Morgan fingerprint density at radius 2 is 1.83 bits per heavy atom. The second kappa shape index (κ2) is 3.80. The summed E-state index contributed by atoms with van der Waals surface area (Å²) in [4.78, 5) is 26.0. The summed E-state index contributed by atoms with van der Waals surface area (Å²) in [5.41, 5.74) is -0.0854. The largest absolute Gasteiger partial charge is 0.312 e. The number of piperidine rings is 1. The Kier molecular flexibility index (Phi) is 2.56. The molecule has 2 amide bonds. The van der Waals surface area contributed by atoms with Gasteiger partial charge in [-0.15, -0.1) is 0 Å². The van der Waals surface area contributed by atoms with Crippen LogP contribution >= 0.6 is 0 Å². The van der Waals surface area contributed by atoms with Crippen molar-refractivity contribution in [3.63, 3.8) is 0 Å². The highest BCUT2D eigenvalue weighted by Gasteiger charge is 2.72. The average molecular weight is 250 g/mol. The molecular formula is C14H22N2O2. The zero-order valence-electron chi connectivity index (χ0n) is 11.4. The van der Waals surface area contributed by atoms with Gasteiger partial charge in [0.15, 0.2) is 0 Å². The van der Waals surface area contributed by atoms with Gasteiger partial charge in [-0.05, 0) is 30.7 Å². The number of likely N-dealkylation sites (N-methyl/N-ethyl adjacent to an activating group) is 1. The van der Waals surface area contributed by atoms with E-state index in [4.69, 9.17) is 0 Å². The number of nitrogens with zero attached hydrogens (tertiary/aromatic N) is 1. The predicted molar refractivity (Wildman–Crippen MR) is 67.7 cm³/mol. The highest BCUT2D eigenvalue weighted by molar-refractivity contribution is 6.10. The fourth-order valence-corrected chi connectivity index (χ4v) is 3.52. The molecule has 1 heterocycles. The molecule has 3 unspecified atom stereocenters. The van der Waals surface area contributed by atoms with Crippen LogP contribution in [0.3, 0.4) is 0 Å². The van der Waals surface area contributed by atoms with E-state index in [1.807, 2.05) is 13.8 Å². The number of likely N-dealkylation sites (tertiary alicyclic amines) is 1. The molecule has 18 heavy (non-hydrogen) atoms. The van der Waals surface area contributed by atoms with Crippen molar-refractivity contribution in [1.29, 1.82) is 0 Å². The molecule has 0 aromatic rings. The number of rotatable bonds is 5. The van der Waals surface area contributed by atoms with Gasteiger partial charge in [0.2, 0.25) is 11.8 Å². The molecule has 3 atom stereocenters. The quantitative estimate of drug-likeness (QED) is 0.741. The minimum Gasteiger partial charge on any atom is -0.312 e. The highest BCUT2D eigenvalue weighted by atomic mass is 16.2. The maximum atomic E-state index is 12.2. The van der Waals surface area contributed by atoms with Crippen LogP contribution in [0, 0.1) is 23.2 Å². The molecule has 4 heteroatoms. The zero-order valence-corrected chi connectivity index (χ0v) is 11.4. The SMILES string of the molecule is CCNC(CN1C(=O)C2C(C1=O)C2(C)C)C1CC1. The summed E-state index contributed by atoms with van der Waals surface area (Å²) < 4.78 is 0. The average Bonchev–Trinajstić information content (AvgIpc) is 3.17. The molecule has 1 saturated heterocycles. The maximum absolute atomic E-state index is 12.2. The molecule has 3 aliphatic rings. The van der Waals surface area contributed by atoms with Gasteiger partial charge in [-0.2, -0.15) is 0 Å². The fourth-order valence-electron chi connectivity index (χ4n) is 3.52. The molecule has 2 saturated carbocycles. The first-order chi connectivity index (χ1) is 8.48. The van der Waals surface area contributed by atoms with E-state index in [9.17, 15) is 9.59 Å². The number of hydrogen-bond donors (Lipinski definition) is 1. The Labute approximate surface area is 108 Å². The van der Waals surface area contributed by atoms with Gasteiger partial charge in [0, 0.05) is 12.6 Å². The first kappa shape index (κ1) is 12.2. The Morgan fingerprint density at radius 3 is 2.28 bits per heavy atom. The minimum atomic E-state index is -0.0854. The summed E-state index contributed by atoms with van der Waals surface area (Å²) >= 11 is 0. The van der Waals surface area contributed by atoms with Crippen LogP contribution in [-0.2, 0) is 9.59 Å². The van der Waals surface area contributed by atoms with Gasteiger partial charge in [0.25, 0.3) is 0 Å². The lowest BCUT2D eigenvalue weighted by Gasteiger charge is -2.26.